The third-order valence-corrected chi connectivity index (χ3v) is 3.58. The summed E-state index contributed by atoms with van der Waals surface area (Å²) in [4.78, 5) is 22.4. The number of hydrogen-bond acceptors (Lipinski definition) is 8. The topological polar surface area (TPSA) is 160 Å². The molecule has 10 nitrogen and oxygen atoms in total. The third-order valence-electron chi connectivity index (χ3n) is 3.58. The van der Waals surface area contributed by atoms with Gasteiger partial charge in [0.05, 0.1) is 6.61 Å². The van der Waals surface area contributed by atoms with Crippen LogP contribution in [-0.2, 0) is 4.74 Å². The molecule has 10 heteroatoms. The van der Waals surface area contributed by atoms with Gasteiger partial charge >= 0.3 is 0 Å². The molecule has 4 atom stereocenters. The van der Waals surface area contributed by atoms with Crippen LogP contribution in [0.2, 0.25) is 0 Å². The molecule has 1 aliphatic rings. The molecule has 3 rings (SSSR count). The molecule has 0 bridgehead atoms. The standard InChI is InChI=1S/C13H15N5O5/c1-2-3-6-15-7-10(16-13(14)17-11(7)22)18(6)12-9(21)8(20)5(4-19)23-12/h5,8-9,12,19-21H,4H2,1H3,(H3,14,16,17,22)/t5-,8-,9-,12-/m1/s1. The van der Waals surface area contributed by atoms with E-state index in [0.717, 1.165) is 0 Å². The molecule has 1 aliphatic heterocycles. The SMILES string of the molecule is CC#Cc1nc2c(=O)[nH]c(N)nc2n1[C@@H]1O[C@H](CO)[C@@H](O)[C@H]1O. The van der Waals surface area contributed by atoms with Crippen molar-refractivity contribution in [1.82, 2.24) is 19.5 Å². The molecule has 2 aromatic rings. The number of aromatic amines is 1. The zero-order valence-corrected chi connectivity index (χ0v) is 12.1. The Morgan fingerprint density at radius 2 is 2.13 bits per heavy atom. The number of nitrogens with zero attached hydrogens (tertiary/aromatic N) is 3. The number of aliphatic hydroxyl groups is 3. The van der Waals surface area contributed by atoms with Gasteiger partial charge in [-0.2, -0.15) is 4.98 Å². The van der Waals surface area contributed by atoms with Crippen molar-refractivity contribution in [2.24, 2.45) is 0 Å². The number of ether oxygens (including phenoxy) is 1. The van der Waals surface area contributed by atoms with Crippen LogP contribution in [0.3, 0.4) is 0 Å². The van der Waals surface area contributed by atoms with Gasteiger partial charge in [-0.05, 0) is 12.8 Å². The van der Waals surface area contributed by atoms with E-state index in [2.05, 4.69) is 26.8 Å². The Balaban J connectivity index is 2.25. The average molecular weight is 321 g/mol. The normalized spacial score (nSPS) is 27.1. The van der Waals surface area contributed by atoms with Gasteiger partial charge in [0.25, 0.3) is 5.56 Å². The number of nitrogens with two attached hydrogens (primary N) is 1. The summed E-state index contributed by atoms with van der Waals surface area (Å²) in [6, 6.07) is 0. The van der Waals surface area contributed by atoms with Crippen molar-refractivity contribution in [2.75, 3.05) is 12.3 Å². The molecule has 0 aliphatic carbocycles. The predicted octanol–water partition coefficient (Wildman–Crippen LogP) is -2.32. The summed E-state index contributed by atoms with van der Waals surface area (Å²) in [7, 11) is 0. The van der Waals surface area contributed by atoms with Crippen molar-refractivity contribution in [3.8, 4) is 11.8 Å². The molecule has 1 fully saturated rings. The minimum atomic E-state index is -1.36. The van der Waals surface area contributed by atoms with Crippen molar-refractivity contribution in [2.45, 2.75) is 31.5 Å². The van der Waals surface area contributed by atoms with E-state index in [9.17, 15) is 20.1 Å². The zero-order chi connectivity index (χ0) is 16.7. The number of aromatic nitrogens is 4. The van der Waals surface area contributed by atoms with E-state index in [1.165, 1.54) is 4.57 Å². The lowest BCUT2D eigenvalue weighted by atomic mass is 10.1. The Kier molecular flexibility index (Phi) is 3.78. The molecule has 122 valence electrons. The fourth-order valence-electron chi connectivity index (χ4n) is 2.54. The van der Waals surface area contributed by atoms with Crippen LogP contribution < -0.4 is 11.3 Å². The van der Waals surface area contributed by atoms with Crippen molar-refractivity contribution in [3.63, 3.8) is 0 Å². The summed E-state index contributed by atoms with van der Waals surface area (Å²) in [5, 5.41) is 29.3. The molecule has 0 radical (unpaired) electrons. The van der Waals surface area contributed by atoms with Crippen molar-refractivity contribution >= 4 is 17.1 Å². The van der Waals surface area contributed by atoms with E-state index in [-0.39, 0.29) is 22.9 Å². The van der Waals surface area contributed by atoms with Crippen LogP contribution in [0.4, 0.5) is 5.95 Å². The largest absolute Gasteiger partial charge is 0.394 e. The number of hydrogen-bond donors (Lipinski definition) is 5. The van der Waals surface area contributed by atoms with Crippen LogP contribution in [0, 0.1) is 11.8 Å². The summed E-state index contributed by atoms with van der Waals surface area (Å²) in [5.74, 6) is 5.32. The molecule has 6 N–H and O–H groups in total. The fourth-order valence-corrected chi connectivity index (χ4v) is 2.54. The number of fused-ring (bicyclic) bond motifs is 1. The van der Waals surface area contributed by atoms with Crippen LogP contribution in [0.15, 0.2) is 4.79 Å². The average Bonchev–Trinajstić information content (AvgIpc) is 2.99. The number of aliphatic hydroxyl groups excluding tert-OH is 3. The van der Waals surface area contributed by atoms with E-state index in [4.69, 9.17) is 10.5 Å². The predicted molar refractivity (Wildman–Crippen MR) is 78.1 cm³/mol. The Morgan fingerprint density at radius 3 is 2.74 bits per heavy atom. The monoisotopic (exact) mass is 321 g/mol. The maximum Gasteiger partial charge on any atom is 0.280 e. The van der Waals surface area contributed by atoms with Gasteiger partial charge in [-0.25, -0.2) is 4.98 Å². The third kappa shape index (κ3) is 2.36. The van der Waals surface area contributed by atoms with Crippen LogP contribution >= 0.6 is 0 Å². The van der Waals surface area contributed by atoms with E-state index >= 15 is 0 Å². The molecule has 0 aromatic carbocycles. The first-order valence-corrected chi connectivity index (χ1v) is 6.80. The second-order valence-corrected chi connectivity index (χ2v) is 5.03. The first-order valence-electron chi connectivity index (χ1n) is 6.80. The highest BCUT2D eigenvalue weighted by atomic mass is 16.6. The lowest BCUT2D eigenvalue weighted by Crippen LogP contribution is -2.33. The Bertz CT molecular complexity index is 863. The summed E-state index contributed by atoms with van der Waals surface area (Å²) in [6.45, 7) is 1.10. The van der Waals surface area contributed by atoms with Gasteiger partial charge in [0.1, 0.15) is 18.3 Å². The minimum Gasteiger partial charge on any atom is -0.394 e. The first kappa shape index (κ1) is 15.4. The summed E-state index contributed by atoms with van der Waals surface area (Å²) in [5.41, 5.74) is 5.05. The Labute approximate surface area is 129 Å². The van der Waals surface area contributed by atoms with E-state index in [0.29, 0.717) is 0 Å². The van der Waals surface area contributed by atoms with E-state index < -0.39 is 36.7 Å². The van der Waals surface area contributed by atoms with Gasteiger partial charge in [0, 0.05) is 0 Å². The van der Waals surface area contributed by atoms with Crippen molar-refractivity contribution in [1.29, 1.82) is 0 Å². The highest BCUT2D eigenvalue weighted by Crippen LogP contribution is 2.32. The molecule has 2 aromatic heterocycles. The number of H-pyrrole nitrogens is 1. The van der Waals surface area contributed by atoms with Gasteiger partial charge in [-0.1, -0.05) is 5.92 Å². The fraction of sp³-hybridized carbons (Fsp3) is 0.462. The van der Waals surface area contributed by atoms with Gasteiger partial charge < -0.3 is 25.8 Å². The number of imidazole rings is 1. The molecule has 1 saturated heterocycles. The smallest absolute Gasteiger partial charge is 0.280 e. The van der Waals surface area contributed by atoms with Crippen LogP contribution in [0.1, 0.15) is 19.0 Å². The maximum atomic E-state index is 12.0. The Morgan fingerprint density at radius 1 is 1.39 bits per heavy atom. The summed E-state index contributed by atoms with van der Waals surface area (Å²) < 4.78 is 6.76. The van der Waals surface area contributed by atoms with Crippen molar-refractivity contribution < 1.29 is 20.1 Å². The van der Waals surface area contributed by atoms with Gasteiger partial charge in [0.2, 0.25) is 5.95 Å². The molecule has 3 heterocycles. The van der Waals surface area contributed by atoms with Crippen LogP contribution in [-0.4, -0.2) is 59.8 Å². The minimum absolute atomic E-state index is 0.0188. The highest BCUT2D eigenvalue weighted by Gasteiger charge is 2.44. The number of rotatable bonds is 2. The number of anilines is 1. The van der Waals surface area contributed by atoms with Crippen LogP contribution in [0.5, 0.6) is 0 Å². The molecular formula is C13H15N5O5. The molecule has 23 heavy (non-hydrogen) atoms. The van der Waals surface area contributed by atoms with Crippen LogP contribution in [0.25, 0.3) is 11.2 Å². The molecule has 0 spiro atoms. The second kappa shape index (κ2) is 5.64. The van der Waals surface area contributed by atoms with E-state index in [1.807, 2.05) is 0 Å². The van der Waals surface area contributed by atoms with Gasteiger partial charge in [-0.15, -0.1) is 0 Å². The second-order valence-electron chi connectivity index (χ2n) is 5.03. The maximum absolute atomic E-state index is 12.0. The first-order chi connectivity index (χ1) is 11.0. The quantitative estimate of drug-likeness (QED) is 0.385. The lowest BCUT2D eigenvalue weighted by molar-refractivity contribution is -0.0514. The van der Waals surface area contributed by atoms with Gasteiger partial charge in [0.15, 0.2) is 23.2 Å². The van der Waals surface area contributed by atoms with Gasteiger partial charge in [-0.3, -0.25) is 14.3 Å². The summed E-state index contributed by atoms with van der Waals surface area (Å²) >= 11 is 0. The summed E-state index contributed by atoms with van der Waals surface area (Å²) in [6.07, 6.45) is -4.75. The Hall–Kier alpha value is -2.45. The van der Waals surface area contributed by atoms with E-state index in [1.54, 1.807) is 6.92 Å². The lowest BCUT2D eigenvalue weighted by Gasteiger charge is -2.17. The highest BCUT2D eigenvalue weighted by molar-refractivity contribution is 5.72. The molecular weight excluding hydrogens is 306 g/mol. The molecule has 0 unspecified atom stereocenters. The zero-order valence-electron chi connectivity index (χ0n) is 12.1. The number of nitrogen functional groups attached to an aromatic ring is 1. The molecule has 0 saturated carbocycles. The molecule has 0 amide bonds. The van der Waals surface area contributed by atoms with Crippen molar-refractivity contribution in [3.05, 3.63) is 16.2 Å². The number of nitrogens with one attached hydrogen (secondary N) is 1.